The molecule has 2 atom stereocenters. The number of amides is 2. The maximum atomic E-state index is 13.2. The van der Waals surface area contributed by atoms with Gasteiger partial charge in [-0.1, -0.05) is 12.8 Å². The van der Waals surface area contributed by atoms with E-state index in [9.17, 15) is 14.0 Å². The van der Waals surface area contributed by atoms with E-state index >= 15 is 0 Å². The summed E-state index contributed by atoms with van der Waals surface area (Å²) in [6, 6.07) is 6.16. The Morgan fingerprint density at radius 2 is 1.52 bits per heavy atom. The van der Waals surface area contributed by atoms with Crippen molar-refractivity contribution in [1.82, 2.24) is 9.80 Å². The van der Waals surface area contributed by atoms with E-state index in [1.165, 1.54) is 49.9 Å². The molecule has 3 fully saturated rings. The van der Waals surface area contributed by atoms with Crippen molar-refractivity contribution in [3.63, 3.8) is 0 Å². The van der Waals surface area contributed by atoms with Crippen LogP contribution in [0.1, 0.15) is 61.7 Å². The second-order valence-corrected chi connectivity index (χ2v) is 8.36. The van der Waals surface area contributed by atoms with Crippen molar-refractivity contribution in [2.75, 3.05) is 19.6 Å². The largest absolute Gasteiger partial charge is 0.339 e. The van der Waals surface area contributed by atoms with Crippen LogP contribution in [0.15, 0.2) is 24.3 Å². The fourth-order valence-corrected chi connectivity index (χ4v) is 5.24. The van der Waals surface area contributed by atoms with Gasteiger partial charge in [0.05, 0.1) is 0 Å². The Kier molecular flexibility index (Phi) is 5.46. The summed E-state index contributed by atoms with van der Waals surface area (Å²) < 4.78 is 13.1. The summed E-state index contributed by atoms with van der Waals surface area (Å²) in [7, 11) is 0. The van der Waals surface area contributed by atoms with Gasteiger partial charge in [0, 0.05) is 37.2 Å². The summed E-state index contributed by atoms with van der Waals surface area (Å²) in [6.07, 6.45) is 8.88. The lowest BCUT2D eigenvalue weighted by molar-refractivity contribution is -0.143. The van der Waals surface area contributed by atoms with Crippen LogP contribution >= 0.6 is 0 Å². The molecule has 0 spiro atoms. The third-order valence-electron chi connectivity index (χ3n) is 6.75. The zero-order chi connectivity index (χ0) is 18.8. The van der Waals surface area contributed by atoms with Gasteiger partial charge in [0.1, 0.15) is 5.82 Å². The van der Waals surface area contributed by atoms with Crippen LogP contribution in [0, 0.1) is 17.7 Å². The van der Waals surface area contributed by atoms with Gasteiger partial charge in [-0.15, -0.1) is 0 Å². The molecule has 27 heavy (non-hydrogen) atoms. The molecule has 0 unspecified atom stereocenters. The number of carbonyl (C=O) groups excluding carboxylic acids is 2. The Hall–Kier alpha value is -1.91. The van der Waals surface area contributed by atoms with E-state index < -0.39 is 0 Å². The average molecular weight is 372 g/mol. The molecule has 4 rings (SSSR count). The number of likely N-dealkylation sites (tertiary alicyclic amines) is 2. The predicted octanol–water partition coefficient (Wildman–Crippen LogP) is 3.86. The minimum atomic E-state index is -0.335. The fraction of sp³-hybridized carbons (Fsp3) is 0.636. The number of hydrogen-bond acceptors (Lipinski definition) is 2. The Balaban J connectivity index is 1.35. The van der Waals surface area contributed by atoms with Gasteiger partial charge in [-0.25, -0.2) is 4.39 Å². The second kappa shape index (κ2) is 7.99. The number of halogens is 1. The smallest absolute Gasteiger partial charge is 0.253 e. The van der Waals surface area contributed by atoms with Gasteiger partial charge in [-0.05, 0) is 68.7 Å². The molecule has 1 aromatic carbocycles. The summed E-state index contributed by atoms with van der Waals surface area (Å²) in [5, 5.41) is 0. The van der Waals surface area contributed by atoms with Gasteiger partial charge in [0.2, 0.25) is 5.91 Å². The van der Waals surface area contributed by atoms with E-state index in [1.54, 1.807) is 4.90 Å². The molecule has 1 saturated carbocycles. The van der Waals surface area contributed by atoms with Crippen molar-refractivity contribution in [2.24, 2.45) is 11.8 Å². The minimum Gasteiger partial charge on any atom is -0.339 e. The quantitative estimate of drug-likeness (QED) is 0.791. The molecule has 2 amide bonds. The number of rotatable bonds is 2. The van der Waals surface area contributed by atoms with Crippen LogP contribution in [-0.2, 0) is 4.79 Å². The average Bonchev–Trinajstić information content (AvgIpc) is 2.73. The van der Waals surface area contributed by atoms with Crippen molar-refractivity contribution in [3.05, 3.63) is 35.6 Å². The lowest BCUT2D eigenvalue weighted by Crippen LogP contribution is -2.53. The normalized spacial score (nSPS) is 26.6. The predicted molar refractivity (Wildman–Crippen MR) is 102 cm³/mol. The van der Waals surface area contributed by atoms with Crippen LogP contribution in [0.3, 0.4) is 0 Å². The highest BCUT2D eigenvalue weighted by Crippen LogP contribution is 2.36. The molecule has 0 radical (unpaired) electrons. The molecule has 1 aromatic rings. The molecule has 2 heterocycles. The second-order valence-electron chi connectivity index (χ2n) is 8.36. The first-order chi connectivity index (χ1) is 13.1. The SMILES string of the molecule is O=C(c1ccc(F)cc1)N1CCC(C(=O)N2CCC[C@H]3CCCC[C@@H]32)CC1. The molecule has 2 saturated heterocycles. The molecule has 0 bridgehead atoms. The van der Waals surface area contributed by atoms with Crippen molar-refractivity contribution in [1.29, 1.82) is 0 Å². The van der Waals surface area contributed by atoms with E-state index in [2.05, 4.69) is 4.90 Å². The van der Waals surface area contributed by atoms with Gasteiger partial charge < -0.3 is 9.80 Å². The number of piperidine rings is 2. The van der Waals surface area contributed by atoms with E-state index in [1.807, 2.05) is 0 Å². The lowest BCUT2D eigenvalue weighted by atomic mass is 9.77. The summed E-state index contributed by atoms with van der Waals surface area (Å²) >= 11 is 0. The Morgan fingerprint density at radius 3 is 2.26 bits per heavy atom. The molecule has 3 aliphatic rings. The number of carbonyl (C=O) groups is 2. The van der Waals surface area contributed by atoms with Crippen molar-refractivity contribution in [2.45, 2.75) is 57.4 Å². The highest BCUT2D eigenvalue weighted by atomic mass is 19.1. The van der Waals surface area contributed by atoms with Crippen LogP contribution in [0.4, 0.5) is 4.39 Å². The molecule has 0 aromatic heterocycles. The first-order valence-corrected chi connectivity index (χ1v) is 10.5. The van der Waals surface area contributed by atoms with Gasteiger partial charge >= 0.3 is 0 Å². The molecule has 4 nitrogen and oxygen atoms in total. The van der Waals surface area contributed by atoms with Crippen LogP contribution in [0.2, 0.25) is 0 Å². The van der Waals surface area contributed by atoms with E-state index in [0.29, 0.717) is 36.5 Å². The Morgan fingerprint density at radius 1 is 0.852 bits per heavy atom. The zero-order valence-electron chi connectivity index (χ0n) is 15.9. The van der Waals surface area contributed by atoms with E-state index in [4.69, 9.17) is 0 Å². The molecular formula is C22H29FN2O2. The van der Waals surface area contributed by atoms with Crippen LogP contribution in [-0.4, -0.2) is 47.3 Å². The maximum absolute atomic E-state index is 13.2. The number of nitrogens with zero attached hydrogens (tertiary/aromatic N) is 2. The summed E-state index contributed by atoms with van der Waals surface area (Å²) in [4.78, 5) is 29.8. The topological polar surface area (TPSA) is 40.6 Å². The summed E-state index contributed by atoms with van der Waals surface area (Å²) in [6.45, 7) is 2.12. The highest BCUT2D eigenvalue weighted by molar-refractivity contribution is 5.94. The lowest BCUT2D eigenvalue weighted by Gasteiger charge is -2.46. The number of hydrogen-bond donors (Lipinski definition) is 0. The molecule has 2 aliphatic heterocycles. The van der Waals surface area contributed by atoms with Crippen LogP contribution < -0.4 is 0 Å². The van der Waals surface area contributed by atoms with Gasteiger partial charge in [0.15, 0.2) is 0 Å². The monoisotopic (exact) mass is 372 g/mol. The van der Waals surface area contributed by atoms with Crippen LogP contribution in [0.25, 0.3) is 0 Å². The molecule has 0 N–H and O–H groups in total. The van der Waals surface area contributed by atoms with E-state index in [-0.39, 0.29) is 17.6 Å². The van der Waals surface area contributed by atoms with Gasteiger partial charge in [0.25, 0.3) is 5.91 Å². The van der Waals surface area contributed by atoms with Crippen molar-refractivity contribution in [3.8, 4) is 0 Å². The van der Waals surface area contributed by atoms with Gasteiger partial charge in [-0.3, -0.25) is 9.59 Å². The van der Waals surface area contributed by atoms with Crippen molar-refractivity contribution < 1.29 is 14.0 Å². The summed E-state index contributed by atoms with van der Waals surface area (Å²) in [5.41, 5.74) is 0.516. The minimum absolute atomic E-state index is 0.0444. The molecular weight excluding hydrogens is 343 g/mol. The number of fused-ring (bicyclic) bond motifs is 1. The molecule has 146 valence electrons. The van der Waals surface area contributed by atoms with E-state index in [0.717, 1.165) is 32.2 Å². The highest BCUT2D eigenvalue weighted by Gasteiger charge is 2.39. The van der Waals surface area contributed by atoms with Crippen molar-refractivity contribution >= 4 is 11.8 Å². The third-order valence-corrected chi connectivity index (χ3v) is 6.75. The maximum Gasteiger partial charge on any atom is 0.253 e. The zero-order valence-corrected chi connectivity index (χ0v) is 15.9. The third kappa shape index (κ3) is 3.87. The summed E-state index contributed by atoms with van der Waals surface area (Å²) in [5.74, 6) is 0.671. The van der Waals surface area contributed by atoms with Gasteiger partial charge in [-0.2, -0.15) is 0 Å². The fourth-order valence-electron chi connectivity index (χ4n) is 5.24. The Bertz CT molecular complexity index is 680. The number of benzene rings is 1. The molecule has 5 heteroatoms. The first kappa shape index (κ1) is 18.5. The standard InChI is InChI=1S/C22H29FN2O2/c23-19-9-7-17(8-10-19)21(26)24-14-11-18(12-15-24)22(27)25-13-3-5-16-4-1-2-6-20(16)25/h7-10,16,18,20H,1-6,11-15H2/t16-,20+/m1/s1. The van der Waals surface area contributed by atoms with Crippen LogP contribution in [0.5, 0.6) is 0 Å². The first-order valence-electron chi connectivity index (χ1n) is 10.5. The Labute approximate surface area is 160 Å². The molecule has 1 aliphatic carbocycles.